The van der Waals surface area contributed by atoms with E-state index < -0.39 is 9.84 Å². The molecule has 1 aromatic rings. The molecule has 0 aromatic heterocycles. The van der Waals surface area contributed by atoms with Gasteiger partial charge >= 0.3 is 0 Å². The number of carbonyl (C=O) groups excluding carboxylic acids is 2. The van der Waals surface area contributed by atoms with E-state index in [1.165, 1.54) is 31.2 Å². The topological polar surface area (TPSA) is 83.6 Å². The van der Waals surface area contributed by atoms with E-state index in [0.29, 0.717) is 12.2 Å². The lowest BCUT2D eigenvalue weighted by atomic mass is 10.3. The number of carbonyl (C=O) groups is 2. The molecule has 6 nitrogen and oxygen atoms in total. The van der Waals surface area contributed by atoms with Gasteiger partial charge in [0.1, 0.15) is 0 Å². The van der Waals surface area contributed by atoms with E-state index in [4.69, 9.17) is 0 Å². The predicted molar refractivity (Wildman–Crippen MR) is 90.0 cm³/mol. The molecule has 0 heterocycles. The molecule has 23 heavy (non-hydrogen) atoms. The summed E-state index contributed by atoms with van der Waals surface area (Å²) in [6.07, 6.45) is 1.85. The smallest absolute Gasteiger partial charge is 0.223 e. The predicted octanol–water partition coefficient (Wildman–Crippen LogP) is 2.07. The molecule has 0 bridgehead atoms. The summed E-state index contributed by atoms with van der Waals surface area (Å²) in [5.74, 6) is -0.611. The van der Waals surface area contributed by atoms with Gasteiger partial charge in [0.25, 0.3) is 0 Å². The van der Waals surface area contributed by atoms with Crippen molar-refractivity contribution in [3.63, 3.8) is 0 Å². The lowest BCUT2D eigenvalue weighted by Gasteiger charge is -2.16. The Bertz CT molecular complexity index is 639. The molecule has 0 spiro atoms. The summed E-state index contributed by atoms with van der Waals surface area (Å²) in [5, 5.41) is 2.57. The molecule has 0 aliphatic heterocycles. The van der Waals surface area contributed by atoms with Gasteiger partial charge in [0.2, 0.25) is 11.8 Å². The number of anilines is 1. The minimum Gasteiger partial charge on any atom is -0.346 e. The molecule has 0 aliphatic carbocycles. The Kier molecular flexibility index (Phi) is 7.22. The average molecular weight is 340 g/mol. The number of hydrogen-bond donors (Lipinski definition) is 1. The second-order valence-electron chi connectivity index (χ2n) is 5.44. The van der Waals surface area contributed by atoms with Gasteiger partial charge in [-0.15, -0.1) is 0 Å². The highest BCUT2D eigenvalue weighted by Crippen LogP contribution is 2.16. The van der Waals surface area contributed by atoms with Crippen LogP contribution in [-0.2, 0) is 19.4 Å². The van der Waals surface area contributed by atoms with E-state index in [2.05, 4.69) is 5.32 Å². The van der Waals surface area contributed by atoms with Crippen LogP contribution in [0.2, 0.25) is 0 Å². The lowest BCUT2D eigenvalue weighted by Crippen LogP contribution is -2.29. The van der Waals surface area contributed by atoms with Crippen LogP contribution in [0, 0.1) is 0 Å². The first-order chi connectivity index (χ1) is 10.8. The maximum absolute atomic E-state index is 12.2. The van der Waals surface area contributed by atoms with Crippen molar-refractivity contribution in [2.24, 2.45) is 0 Å². The second-order valence-corrected chi connectivity index (χ2v) is 7.55. The number of nitrogens with zero attached hydrogens (tertiary/aromatic N) is 1. The highest BCUT2D eigenvalue weighted by Gasteiger charge is 2.18. The fraction of sp³-hybridized carbons (Fsp3) is 0.500. The number of sulfone groups is 1. The van der Waals surface area contributed by atoms with E-state index >= 15 is 0 Å². The molecule has 0 fully saturated rings. The van der Waals surface area contributed by atoms with Crippen LogP contribution in [-0.4, -0.2) is 44.5 Å². The number of rotatable bonds is 8. The van der Waals surface area contributed by atoms with Crippen LogP contribution in [0.5, 0.6) is 0 Å². The molecule has 2 amide bonds. The molecule has 1 aromatic carbocycles. The zero-order valence-electron chi connectivity index (χ0n) is 13.8. The van der Waals surface area contributed by atoms with Gasteiger partial charge < -0.3 is 10.2 Å². The van der Waals surface area contributed by atoms with Crippen molar-refractivity contribution in [1.82, 2.24) is 4.90 Å². The SMILES string of the molecule is CCCCN(C)C(=O)CCS(=O)(=O)c1ccc(NC(C)=O)cc1. The zero-order chi connectivity index (χ0) is 17.5. The monoisotopic (exact) mass is 340 g/mol. The number of hydrogen-bond acceptors (Lipinski definition) is 4. The molecule has 1 N–H and O–H groups in total. The van der Waals surface area contributed by atoms with Crippen molar-refractivity contribution in [3.8, 4) is 0 Å². The third-order valence-corrected chi connectivity index (χ3v) is 5.12. The Balaban J connectivity index is 2.65. The third-order valence-electron chi connectivity index (χ3n) is 3.39. The maximum Gasteiger partial charge on any atom is 0.223 e. The fourth-order valence-corrected chi connectivity index (χ4v) is 3.23. The van der Waals surface area contributed by atoms with Crippen LogP contribution in [0.4, 0.5) is 5.69 Å². The van der Waals surface area contributed by atoms with Crippen molar-refractivity contribution in [1.29, 1.82) is 0 Å². The van der Waals surface area contributed by atoms with Gasteiger partial charge in [-0.05, 0) is 30.7 Å². The molecule has 0 saturated heterocycles. The van der Waals surface area contributed by atoms with Crippen LogP contribution in [0.1, 0.15) is 33.1 Å². The van der Waals surface area contributed by atoms with Gasteiger partial charge in [0.05, 0.1) is 10.6 Å². The Labute approximate surface area is 137 Å². The molecule has 0 unspecified atom stereocenters. The number of unbranched alkanes of at least 4 members (excludes halogenated alkanes) is 1. The Morgan fingerprint density at radius 1 is 1.17 bits per heavy atom. The number of amides is 2. The molecule has 128 valence electrons. The summed E-state index contributed by atoms with van der Waals surface area (Å²) in [4.78, 5) is 24.6. The van der Waals surface area contributed by atoms with Crippen LogP contribution >= 0.6 is 0 Å². The van der Waals surface area contributed by atoms with Gasteiger partial charge in [-0.25, -0.2) is 8.42 Å². The normalized spacial score (nSPS) is 11.1. The number of benzene rings is 1. The Morgan fingerprint density at radius 3 is 2.30 bits per heavy atom. The lowest BCUT2D eigenvalue weighted by molar-refractivity contribution is -0.129. The Hall–Kier alpha value is -1.89. The first kappa shape index (κ1) is 19.2. The maximum atomic E-state index is 12.2. The van der Waals surface area contributed by atoms with Gasteiger partial charge in [0.15, 0.2) is 9.84 Å². The standard InChI is InChI=1S/C16H24N2O4S/c1-4-5-11-18(3)16(20)10-12-23(21,22)15-8-6-14(7-9-15)17-13(2)19/h6-9H,4-5,10-12H2,1-3H3,(H,17,19). The van der Waals surface area contributed by atoms with Crippen LogP contribution < -0.4 is 5.32 Å². The van der Waals surface area contributed by atoms with Crippen LogP contribution in [0.25, 0.3) is 0 Å². The minimum atomic E-state index is -3.51. The van der Waals surface area contributed by atoms with Crippen molar-refractivity contribution < 1.29 is 18.0 Å². The highest BCUT2D eigenvalue weighted by molar-refractivity contribution is 7.91. The summed E-state index contributed by atoms with van der Waals surface area (Å²) in [6, 6.07) is 5.94. The van der Waals surface area contributed by atoms with Crippen molar-refractivity contribution >= 4 is 27.3 Å². The van der Waals surface area contributed by atoms with Gasteiger partial charge in [-0.2, -0.15) is 0 Å². The molecular formula is C16H24N2O4S. The van der Waals surface area contributed by atoms with Crippen molar-refractivity contribution in [2.45, 2.75) is 38.0 Å². The van der Waals surface area contributed by atoms with E-state index in [9.17, 15) is 18.0 Å². The quantitative estimate of drug-likeness (QED) is 0.785. The average Bonchev–Trinajstić information content (AvgIpc) is 2.50. The summed E-state index contributed by atoms with van der Waals surface area (Å²) in [6.45, 7) is 4.06. The fourth-order valence-electron chi connectivity index (χ4n) is 2.00. The summed E-state index contributed by atoms with van der Waals surface area (Å²) in [5.41, 5.74) is 0.534. The highest BCUT2D eigenvalue weighted by atomic mass is 32.2. The van der Waals surface area contributed by atoms with Crippen LogP contribution in [0.3, 0.4) is 0 Å². The summed E-state index contributed by atoms with van der Waals surface area (Å²) >= 11 is 0. The third kappa shape index (κ3) is 6.40. The van der Waals surface area contributed by atoms with E-state index in [1.807, 2.05) is 6.92 Å². The second kappa shape index (κ2) is 8.67. The molecule has 0 saturated carbocycles. The summed E-state index contributed by atoms with van der Waals surface area (Å²) < 4.78 is 24.5. The van der Waals surface area contributed by atoms with E-state index in [1.54, 1.807) is 11.9 Å². The van der Waals surface area contributed by atoms with Crippen molar-refractivity contribution in [2.75, 3.05) is 24.7 Å². The first-order valence-corrected chi connectivity index (χ1v) is 9.26. The number of nitrogens with one attached hydrogen (secondary N) is 1. The summed E-state index contributed by atoms with van der Waals surface area (Å²) in [7, 11) is -1.83. The van der Waals surface area contributed by atoms with E-state index in [0.717, 1.165) is 12.8 Å². The minimum absolute atomic E-state index is 0.0318. The largest absolute Gasteiger partial charge is 0.346 e. The molecule has 0 aliphatic rings. The van der Waals surface area contributed by atoms with Gasteiger partial charge in [-0.3, -0.25) is 9.59 Å². The molecule has 7 heteroatoms. The Morgan fingerprint density at radius 2 is 1.78 bits per heavy atom. The first-order valence-electron chi connectivity index (χ1n) is 7.60. The van der Waals surface area contributed by atoms with Crippen LogP contribution in [0.15, 0.2) is 29.2 Å². The van der Waals surface area contributed by atoms with E-state index in [-0.39, 0.29) is 28.9 Å². The van der Waals surface area contributed by atoms with Gasteiger partial charge in [0, 0.05) is 32.6 Å². The zero-order valence-corrected chi connectivity index (χ0v) is 14.6. The molecule has 0 radical (unpaired) electrons. The van der Waals surface area contributed by atoms with Gasteiger partial charge in [-0.1, -0.05) is 13.3 Å². The molecule has 1 rings (SSSR count). The molecular weight excluding hydrogens is 316 g/mol. The molecule has 0 atom stereocenters. The van der Waals surface area contributed by atoms with Crippen molar-refractivity contribution in [3.05, 3.63) is 24.3 Å².